The van der Waals surface area contributed by atoms with E-state index in [9.17, 15) is 10.1 Å². The van der Waals surface area contributed by atoms with Crippen LogP contribution in [0.2, 0.25) is 0 Å². The maximum Gasteiger partial charge on any atom is 0.235 e. The summed E-state index contributed by atoms with van der Waals surface area (Å²) in [5, 5.41) is 11.4. The molecule has 5 heteroatoms. The van der Waals surface area contributed by atoms with Crippen LogP contribution < -0.4 is 0 Å². The number of nitrogens with one attached hydrogen (secondary N) is 1. The van der Waals surface area contributed by atoms with Gasteiger partial charge in [0.05, 0.1) is 10.6 Å². The standard InChI is InChI=1S/C15H11N3O2/c19-18(20)10-8-12-13-7-4-9-16-15(13)17-14(12)11-5-2-1-3-6-11/h1-10H,(H,16,17). The van der Waals surface area contributed by atoms with Gasteiger partial charge in [-0.1, -0.05) is 30.3 Å². The third kappa shape index (κ3) is 2.16. The van der Waals surface area contributed by atoms with Crippen molar-refractivity contribution in [3.8, 4) is 11.3 Å². The Morgan fingerprint density at radius 1 is 1.15 bits per heavy atom. The average Bonchev–Trinajstić information content (AvgIpc) is 2.84. The first-order chi connectivity index (χ1) is 9.75. The van der Waals surface area contributed by atoms with E-state index in [4.69, 9.17) is 0 Å². The molecule has 0 saturated heterocycles. The molecule has 3 rings (SSSR count). The van der Waals surface area contributed by atoms with Crippen LogP contribution in [0.5, 0.6) is 0 Å². The zero-order valence-corrected chi connectivity index (χ0v) is 10.5. The lowest BCUT2D eigenvalue weighted by atomic mass is 10.1. The number of benzene rings is 1. The van der Waals surface area contributed by atoms with Crippen LogP contribution in [0.25, 0.3) is 28.4 Å². The van der Waals surface area contributed by atoms with E-state index < -0.39 is 4.92 Å². The number of hydrogen-bond donors (Lipinski definition) is 1. The summed E-state index contributed by atoms with van der Waals surface area (Å²) in [6.07, 6.45) is 4.14. The second-order valence-corrected chi connectivity index (χ2v) is 4.28. The molecule has 0 bridgehead atoms. The van der Waals surface area contributed by atoms with Gasteiger partial charge in [0, 0.05) is 23.2 Å². The molecule has 0 aliphatic rings. The van der Waals surface area contributed by atoms with Gasteiger partial charge in [0.25, 0.3) is 0 Å². The minimum absolute atomic E-state index is 0.468. The van der Waals surface area contributed by atoms with Gasteiger partial charge < -0.3 is 4.98 Å². The van der Waals surface area contributed by atoms with Gasteiger partial charge in [-0.15, -0.1) is 0 Å². The summed E-state index contributed by atoms with van der Waals surface area (Å²) in [6, 6.07) is 13.4. The van der Waals surface area contributed by atoms with Crippen molar-refractivity contribution in [3.05, 3.63) is 70.5 Å². The first-order valence-electron chi connectivity index (χ1n) is 6.09. The molecule has 2 aromatic heterocycles. The molecular formula is C15H11N3O2. The lowest BCUT2D eigenvalue weighted by molar-refractivity contribution is -0.400. The molecule has 0 aliphatic heterocycles. The molecule has 3 aromatic rings. The fraction of sp³-hybridized carbons (Fsp3) is 0. The van der Waals surface area contributed by atoms with Crippen molar-refractivity contribution in [2.75, 3.05) is 0 Å². The molecule has 1 aromatic carbocycles. The number of aromatic nitrogens is 2. The van der Waals surface area contributed by atoms with Crippen LogP contribution in [-0.2, 0) is 0 Å². The Hall–Kier alpha value is -2.95. The molecule has 0 radical (unpaired) electrons. The smallest absolute Gasteiger partial charge is 0.235 e. The minimum Gasteiger partial charge on any atom is -0.339 e. The van der Waals surface area contributed by atoms with Crippen molar-refractivity contribution in [1.29, 1.82) is 0 Å². The Labute approximate surface area is 114 Å². The molecule has 0 aliphatic carbocycles. The molecule has 0 unspecified atom stereocenters. The Balaban J connectivity index is 2.25. The molecule has 98 valence electrons. The summed E-state index contributed by atoms with van der Waals surface area (Å²) in [4.78, 5) is 17.6. The van der Waals surface area contributed by atoms with Gasteiger partial charge in [0.15, 0.2) is 0 Å². The largest absolute Gasteiger partial charge is 0.339 e. The van der Waals surface area contributed by atoms with Gasteiger partial charge in [-0.25, -0.2) is 4.98 Å². The van der Waals surface area contributed by atoms with Gasteiger partial charge in [0.2, 0.25) is 6.20 Å². The highest BCUT2D eigenvalue weighted by molar-refractivity contribution is 5.94. The summed E-state index contributed by atoms with van der Waals surface area (Å²) < 4.78 is 0. The first-order valence-corrected chi connectivity index (χ1v) is 6.09. The molecule has 0 amide bonds. The van der Waals surface area contributed by atoms with Crippen molar-refractivity contribution in [2.45, 2.75) is 0 Å². The Morgan fingerprint density at radius 3 is 2.70 bits per heavy atom. The summed E-state index contributed by atoms with van der Waals surface area (Å²) in [5.74, 6) is 0. The highest BCUT2D eigenvalue weighted by Gasteiger charge is 2.12. The highest BCUT2D eigenvalue weighted by atomic mass is 16.6. The lowest BCUT2D eigenvalue weighted by Gasteiger charge is -1.99. The van der Waals surface area contributed by atoms with Crippen LogP contribution in [0, 0.1) is 10.1 Å². The predicted octanol–water partition coefficient (Wildman–Crippen LogP) is 3.48. The van der Waals surface area contributed by atoms with Crippen molar-refractivity contribution < 1.29 is 4.92 Å². The molecule has 0 atom stereocenters. The Kier molecular flexibility index (Phi) is 3.01. The third-order valence-corrected chi connectivity index (χ3v) is 3.04. The fourth-order valence-corrected chi connectivity index (χ4v) is 2.18. The number of fused-ring (bicyclic) bond motifs is 1. The molecule has 0 fully saturated rings. The van der Waals surface area contributed by atoms with Crippen LogP contribution in [-0.4, -0.2) is 14.9 Å². The fourth-order valence-electron chi connectivity index (χ4n) is 2.18. The van der Waals surface area contributed by atoms with Gasteiger partial charge in [0.1, 0.15) is 5.65 Å². The topological polar surface area (TPSA) is 71.8 Å². The van der Waals surface area contributed by atoms with Crippen molar-refractivity contribution >= 4 is 17.1 Å². The van der Waals surface area contributed by atoms with Crippen LogP contribution in [0.3, 0.4) is 0 Å². The molecule has 1 N–H and O–H groups in total. The summed E-state index contributed by atoms with van der Waals surface area (Å²) in [5.41, 5.74) is 3.29. The number of aromatic amines is 1. The zero-order chi connectivity index (χ0) is 13.9. The number of hydrogen-bond acceptors (Lipinski definition) is 3. The van der Waals surface area contributed by atoms with Gasteiger partial charge in [-0.3, -0.25) is 10.1 Å². The molecule has 2 heterocycles. The van der Waals surface area contributed by atoms with E-state index in [2.05, 4.69) is 9.97 Å². The number of rotatable bonds is 3. The Bertz CT molecular complexity index is 791. The van der Waals surface area contributed by atoms with Gasteiger partial charge in [-0.05, 0) is 17.7 Å². The van der Waals surface area contributed by atoms with Crippen molar-refractivity contribution in [3.63, 3.8) is 0 Å². The normalized spacial score (nSPS) is 11.2. The maximum atomic E-state index is 10.6. The van der Waals surface area contributed by atoms with E-state index >= 15 is 0 Å². The zero-order valence-electron chi connectivity index (χ0n) is 10.5. The summed E-state index contributed by atoms with van der Waals surface area (Å²) in [7, 11) is 0. The monoisotopic (exact) mass is 265 g/mol. The van der Waals surface area contributed by atoms with E-state index in [-0.39, 0.29) is 0 Å². The van der Waals surface area contributed by atoms with Gasteiger partial charge in [-0.2, -0.15) is 0 Å². The molecule has 20 heavy (non-hydrogen) atoms. The quantitative estimate of drug-likeness (QED) is 0.582. The lowest BCUT2D eigenvalue weighted by Crippen LogP contribution is -1.84. The number of H-pyrrole nitrogens is 1. The molecular weight excluding hydrogens is 254 g/mol. The van der Waals surface area contributed by atoms with Gasteiger partial charge >= 0.3 is 0 Å². The van der Waals surface area contributed by atoms with Crippen LogP contribution in [0.15, 0.2) is 54.9 Å². The number of pyridine rings is 1. The molecule has 0 saturated carbocycles. The first kappa shape index (κ1) is 12.1. The Morgan fingerprint density at radius 2 is 1.95 bits per heavy atom. The predicted molar refractivity (Wildman–Crippen MR) is 77.6 cm³/mol. The van der Waals surface area contributed by atoms with Crippen LogP contribution in [0.4, 0.5) is 0 Å². The second-order valence-electron chi connectivity index (χ2n) is 4.28. The van der Waals surface area contributed by atoms with E-state index in [0.717, 1.165) is 28.4 Å². The second kappa shape index (κ2) is 4.97. The van der Waals surface area contributed by atoms with E-state index in [1.165, 1.54) is 6.08 Å². The van der Waals surface area contributed by atoms with Crippen molar-refractivity contribution in [1.82, 2.24) is 9.97 Å². The molecule has 0 spiro atoms. The number of nitrogens with zero attached hydrogens (tertiary/aromatic N) is 2. The maximum absolute atomic E-state index is 10.6. The van der Waals surface area contributed by atoms with Crippen molar-refractivity contribution in [2.24, 2.45) is 0 Å². The minimum atomic E-state index is -0.468. The van der Waals surface area contributed by atoms with E-state index in [0.29, 0.717) is 5.65 Å². The third-order valence-electron chi connectivity index (χ3n) is 3.04. The summed E-state index contributed by atoms with van der Waals surface area (Å²) >= 11 is 0. The number of nitro groups is 1. The average molecular weight is 265 g/mol. The van der Waals surface area contributed by atoms with Crippen LogP contribution >= 0.6 is 0 Å². The summed E-state index contributed by atoms with van der Waals surface area (Å²) in [6.45, 7) is 0. The van der Waals surface area contributed by atoms with Crippen LogP contribution in [0.1, 0.15) is 5.56 Å². The molecule has 5 nitrogen and oxygen atoms in total. The van der Waals surface area contributed by atoms with E-state index in [1.807, 2.05) is 42.5 Å². The van der Waals surface area contributed by atoms with E-state index in [1.54, 1.807) is 6.20 Å². The SMILES string of the molecule is O=[N+]([O-])C=Cc1c(-c2ccccc2)[nH]c2ncccc12. The highest BCUT2D eigenvalue weighted by Crippen LogP contribution is 2.30.